The van der Waals surface area contributed by atoms with E-state index >= 15 is 0 Å². The fraction of sp³-hybridized carbons (Fsp3) is 0.667. The van der Waals surface area contributed by atoms with Gasteiger partial charge in [-0.1, -0.05) is 24.4 Å². The Hall–Kier alpha value is -0.140. The predicted octanol–water partition coefficient (Wildman–Crippen LogP) is 2.54. The Morgan fingerprint density at radius 3 is 2.74 bits per heavy atom. The number of aryl methyl sites for hydroxylation is 1. The average Bonchev–Trinajstić information content (AvgIpc) is 2.71. The summed E-state index contributed by atoms with van der Waals surface area (Å²) in [6.45, 7) is 1.81. The van der Waals surface area contributed by atoms with Gasteiger partial charge < -0.3 is 5.11 Å². The Kier molecular flexibility index (Phi) is 4.89. The number of aliphatic hydroxyl groups is 1. The number of hydrogen-bond donors (Lipinski definition) is 2. The predicted molar refractivity (Wildman–Crippen MR) is 77.2 cm³/mol. The fourth-order valence-corrected chi connectivity index (χ4v) is 5.47. The molecule has 0 radical (unpaired) electrons. The molecule has 1 aliphatic rings. The lowest BCUT2D eigenvalue weighted by Gasteiger charge is -2.30. The van der Waals surface area contributed by atoms with Crippen molar-refractivity contribution in [2.45, 2.75) is 42.9 Å². The second kappa shape index (κ2) is 6.10. The molecule has 108 valence electrons. The van der Waals surface area contributed by atoms with Crippen LogP contribution in [0.1, 0.15) is 31.2 Å². The zero-order chi connectivity index (χ0) is 14.0. The summed E-state index contributed by atoms with van der Waals surface area (Å²) in [6.07, 6.45) is 3.69. The van der Waals surface area contributed by atoms with Crippen LogP contribution in [0.3, 0.4) is 0 Å². The Labute approximate surface area is 122 Å². The van der Waals surface area contributed by atoms with E-state index in [2.05, 4.69) is 4.72 Å². The molecular weight excluding hydrogens is 306 g/mol. The monoisotopic (exact) mass is 323 g/mol. The van der Waals surface area contributed by atoms with Crippen LogP contribution in [0.5, 0.6) is 0 Å². The van der Waals surface area contributed by atoms with E-state index in [0.29, 0.717) is 4.34 Å². The molecule has 7 heteroatoms. The summed E-state index contributed by atoms with van der Waals surface area (Å²) in [4.78, 5) is 0. The normalized spacial score (nSPS) is 24.6. The second-order valence-electron chi connectivity index (χ2n) is 4.98. The first-order valence-corrected chi connectivity index (χ1v) is 9.01. The number of sulfonamides is 1. The molecule has 0 bridgehead atoms. The van der Waals surface area contributed by atoms with Crippen molar-refractivity contribution >= 4 is 33.0 Å². The highest BCUT2D eigenvalue weighted by atomic mass is 35.5. The molecule has 0 spiro atoms. The van der Waals surface area contributed by atoms with Gasteiger partial charge in [-0.3, -0.25) is 0 Å². The number of nitrogens with one attached hydrogen (secondary N) is 1. The van der Waals surface area contributed by atoms with Crippen LogP contribution in [-0.2, 0) is 10.0 Å². The summed E-state index contributed by atoms with van der Waals surface area (Å²) < 4.78 is 28.0. The lowest BCUT2D eigenvalue weighted by Crippen LogP contribution is -2.43. The molecule has 19 heavy (non-hydrogen) atoms. The van der Waals surface area contributed by atoms with Crippen molar-refractivity contribution in [3.63, 3.8) is 0 Å². The minimum Gasteiger partial charge on any atom is -0.396 e. The first-order valence-electron chi connectivity index (χ1n) is 6.33. The molecule has 0 aliphatic heterocycles. The molecule has 0 amide bonds. The van der Waals surface area contributed by atoms with Crippen molar-refractivity contribution in [3.8, 4) is 0 Å². The van der Waals surface area contributed by atoms with Gasteiger partial charge in [-0.25, -0.2) is 13.1 Å². The average molecular weight is 324 g/mol. The van der Waals surface area contributed by atoms with Gasteiger partial charge in [0.05, 0.1) is 4.34 Å². The maximum Gasteiger partial charge on any atom is 0.250 e. The van der Waals surface area contributed by atoms with Crippen LogP contribution in [0, 0.1) is 12.8 Å². The van der Waals surface area contributed by atoms with Crippen molar-refractivity contribution in [1.82, 2.24) is 4.72 Å². The lowest BCUT2D eigenvalue weighted by atomic mass is 9.86. The highest BCUT2D eigenvalue weighted by Gasteiger charge is 2.30. The van der Waals surface area contributed by atoms with Crippen molar-refractivity contribution < 1.29 is 13.5 Å². The van der Waals surface area contributed by atoms with Gasteiger partial charge in [-0.05, 0) is 37.3 Å². The maximum absolute atomic E-state index is 12.3. The van der Waals surface area contributed by atoms with Crippen LogP contribution in [-0.4, -0.2) is 26.2 Å². The van der Waals surface area contributed by atoms with Gasteiger partial charge in [0.15, 0.2) is 0 Å². The molecule has 1 fully saturated rings. The van der Waals surface area contributed by atoms with Gasteiger partial charge in [0.25, 0.3) is 0 Å². The molecule has 1 aromatic rings. The highest BCUT2D eigenvalue weighted by Crippen LogP contribution is 2.31. The molecule has 1 heterocycles. The van der Waals surface area contributed by atoms with Crippen LogP contribution >= 0.6 is 22.9 Å². The maximum atomic E-state index is 12.3. The van der Waals surface area contributed by atoms with E-state index in [-0.39, 0.29) is 22.8 Å². The molecule has 2 atom stereocenters. The minimum atomic E-state index is -3.53. The molecule has 1 aromatic heterocycles. The van der Waals surface area contributed by atoms with E-state index in [4.69, 9.17) is 11.6 Å². The topological polar surface area (TPSA) is 66.4 Å². The largest absolute Gasteiger partial charge is 0.396 e. The third-order valence-electron chi connectivity index (χ3n) is 3.55. The lowest BCUT2D eigenvalue weighted by molar-refractivity contribution is 0.164. The van der Waals surface area contributed by atoms with E-state index in [1.807, 2.05) is 0 Å². The van der Waals surface area contributed by atoms with Gasteiger partial charge in [-0.15, -0.1) is 11.3 Å². The number of aliphatic hydroxyl groups excluding tert-OH is 1. The third-order valence-corrected chi connectivity index (χ3v) is 7.07. The molecule has 4 nitrogen and oxygen atoms in total. The smallest absolute Gasteiger partial charge is 0.250 e. The van der Waals surface area contributed by atoms with E-state index in [1.54, 1.807) is 13.0 Å². The third kappa shape index (κ3) is 3.49. The zero-order valence-corrected chi connectivity index (χ0v) is 13.1. The van der Waals surface area contributed by atoms with E-state index < -0.39 is 10.0 Å². The molecule has 2 N–H and O–H groups in total. The SMILES string of the molecule is Cc1cc(S(=O)(=O)NC2CCCCC2CO)sc1Cl. The van der Waals surface area contributed by atoms with Crippen LogP contribution in [0.25, 0.3) is 0 Å². The number of hydrogen-bond acceptors (Lipinski definition) is 4. The first-order chi connectivity index (χ1) is 8.94. The summed E-state index contributed by atoms with van der Waals surface area (Å²) in [7, 11) is -3.53. The van der Waals surface area contributed by atoms with Crippen molar-refractivity contribution in [2.75, 3.05) is 6.61 Å². The van der Waals surface area contributed by atoms with Gasteiger partial charge >= 0.3 is 0 Å². The van der Waals surface area contributed by atoms with Crippen LogP contribution in [0.2, 0.25) is 4.34 Å². The van der Waals surface area contributed by atoms with E-state index in [0.717, 1.165) is 42.6 Å². The van der Waals surface area contributed by atoms with Gasteiger partial charge in [-0.2, -0.15) is 0 Å². The Bertz CT molecular complexity index is 522. The van der Waals surface area contributed by atoms with Gasteiger partial charge in [0.1, 0.15) is 4.21 Å². The summed E-state index contributed by atoms with van der Waals surface area (Å²) >= 11 is 6.99. The molecule has 0 aromatic carbocycles. The molecule has 1 aliphatic carbocycles. The Balaban J connectivity index is 2.16. The summed E-state index contributed by atoms with van der Waals surface area (Å²) in [5.41, 5.74) is 0.773. The Morgan fingerprint density at radius 2 is 2.16 bits per heavy atom. The number of halogens is 1. The summed E-state index contributed by atoms with van der Waals surface area (Å²) in [5.74, 6) is 0.0139. The molecule has 0 saturated heterocycles. The van der Waals surface area contributed by atoms with Crippen molar-refractivity contribution in [1.29, 1.82) is 0 Å². The fourth-order valence-electron chi connectivity index (χ4n) is 2.40. The van der Waals surface area contributed by atoms with Gasteiger partial charge in [0.2, 0.25) is 10.0 Å². The quantitative estimate of drug-likeness (QED) is 0.894. The molecular formula is C12H18ClNO3S2. The summed E-state index contributed by atoms with van der Waals surface area (Å²) in [5, 5.41) is 9.32. The van der Waals surface area contributed by atoms with E-state index in [9.17, 15) is 13.5 Å². The van der Waals surface area contributed by atoms with E-state index in [1.165, 1.54) is 0 Å². The van der Waals surface area contributed by atoms with Crippen molar-refractivity contribution in [2.24, 2.45) is 5.92 Å². The van der Waals surface area contributed by atoms with Crippen LogP contribution in [0.15, 0.2) is 10.3 Å². The zero-order valence-electron chi connectivity index (χ0n) is 10.7. The van der Waals surface area contributed by atoms with Crippen LogP contribution < -0.4 is 4.72 Å². The Morgan fingerprint density at radius 1 is 1.47 bits per heavy atom. The van der Waals surface area contributed by atoms with Gasteiger partial charge in [0, 0.05) is 12.6 Å². The second-order valence-corrected chi connectivity index (χ2v) is 8.57. The number of thiophene rings is 1. The van der Waals surface area contributed by atoms with Crippen molar-refractivity contribution in [3.05, 3.63) is 16.0 Å². The summed E-state index contributed by atoms with van der Waals surface area (Å²) in [6, 6.07) is 1.41. The molecule has 2 unspecified atom stereocenters. The molecule has 2 rings (SSSR count). The molecule has 1 saturated carbocycles. The van der Waals surface area contributed by atoms with Crippen LogP contribution in [0.4, 0.5) is 0 Å². The first kappa shape index (κ1) is 15.3. The standard InChI is InChI=1S/C12H18ClNO3S2/c1-8-6-11(18-12(8)13)19(16,17)14-10-5-3-2-4-9(10)7-15/h6,9-10,14-15H,2-5,7H2,1H3. The highest BCUT2D eigenvalue weighted by molar-refractivity contribution is 7.91. The number of rotatable bonds is 4. The minimum absolute atomic E-state index is 0.0139.